The van der Waals surface area contributed by atoms with E-state index >= 15 is 0 Å². The van der Waals surface area contributed by atoms with Crippen molar-refractivity contribution in [3.63, 3.8) is 0 Å². The number of halogens is 1. The molecular formula is C17H28FN3. The third-order valence-corrected chi connectivity index (χ3v) is 4.26. The van der Waals surface area contributed by atoms with Crippen LogP contribution in [0.3, 0.4) is 0 Å². The number of hydrogen-bond acceptors (Lipinski definition) is 3. The van der Waals surface area contributed by atoms with Crippen LogP contribution < -0.4 is 10.2 Å². The molecule has 1 aromatic heterocycles. The summed E-state index contributed by atoms with van der Waals surface area (Å²) >= 11 is 0. The summed E-state index contributed by atoms with van der Waals surface area (Å²) < 4.78 is 14.8. The number of nitrogens with one attached hydrogen (secondary N) is 1. The Bertz CT molecular complexity index is 481. The molecule has 4 heteroatoms. The molecule has 2 heterocycles. The molecule has 1 fully saturated rings. The maximum atomic E-state index is 14.8. The first kappa shape index (κ1) is 16.2. The van der Waals surface area contributed by atoms with Crippen LogP contribution in [-0.4, -0.2) is 22.6 Å². The first-order valence-corrected chi connectivity index (χ1v) is 8.00. The van der Waals surface area contributed by atoms with Gasteiger partial charge in [0.15, 0.2) is 11.6 Å². The second-order valence-electron chi connectivity index (χ2n) is 7.11. The lowest BCUT2D eigenvalue weighted by Crippen LogP contribution is -2.37. The molecule has 1 aliphatic rings. The minimum atomic E-state index is -0.165. The van der Waals surface area contributed by atoms with Crippen LogP contribution in [0.15, 0.2) is 12.3 Å². The minimum Gasteiger partial charge on any atom is -0.349 e. The van der Waals surface area contributed by atoms with Crippen molar-refractivity contribution in [2.24, 2.45) is 0 Å². The number of anilines is 1. The van der Waals surface area contributed by atoms with Gasteiger partial charge in [0, 0.05) is 35.9 Å². The van der Waals surface area contributed by atoms with E-state index in [4.69, 9.17) is 0 Å². The highest BCUT2D eigenvalue weighted by Crippen LogP contribution is 2.33. The molecule has 3 nitrogen and oxygen atoms in total. The first-order chi connectivity index (χ1) is 9.83. The van der Waals surface area contributed by atoms with E-state index in [9.17, 15) is 4.39 Å². The zero-order valence-electron chi connectivity index (χ0n) is 13.9. The molecule has 0 radical (unpaired) electrons. The molecule has 2 atom stereocenters. The summed E-state index contributed by atoms with van der Waals surface area (Å²) in [5.41, 5.74) is 0.673. The fourth-order valence-corrected chi connectivity index (χ4v) is 3.00. The van der Waals surface area contributed by atoms with E-state index in [2.05, 4.69) is 49.8 Å². The topological polar surface area (TPSA) is 28.2 Å². The van der Waals surface area contributed by atoms with E-state index in [0.29, 0.717) is 30.0 Å². The van der Waals surface area contributed by atoms with Gasteiger partial charge in [-0.1, -0.05) is 6.92 Å². The monoisotopic (exact) mass is 293 g/mol. The molecule has 2 rings (SSSR count). The van der Waals surface area contributed by atoms with Crippen molar-refractivity contribution in [2.45, 2.75) is 78.0 Å². The standard InChI is InChI=1S/C17H28FN3/c1-6-14-8-7-12(2)21(14)16-15(18)13(9-10-19-16)11-20-17(3,4)5/h9-10,12,14,20H,6-8,11H2,1-5H3. The second kappa shape index (κ2) is 6.30. The lowest BCUT2D eigenvalue weighted by atomic mass is 10.1. The average molecular weight is 293 g/mol. The van der Waals surface area contributed by atoms with Gasteiger partial charge < -0.3 is 10.2 Å². The van der Waals surface area contributed by atoms with Gasteiger partial charge in [0.05, 0.1) is 0 Å². The highest BCUT2D eigenvalue weighted by molar-refractivity contribution is 5.46. The zero-order chi connectivity index (χ0) is 15.6. The minimum absolute atomic E-state index is 0.0250. The fraction of sp³-hybridized carbons (Fsp3) is 0.706. The molecule has 1 aliphatic heterocycles. The highest BCUT2D eigenvalue weighted by Gasteiger charge is 2.32. The average Bonchev–Trinajstić information content (AvgIpc) is 2.78. The van der Waals surface area contributed by atoms with Gasteiger partial charge in [-0.25, -0.2) is 9.37 Å². The largest absolute Gasteiger partial charge is 0.349 e. The molecule has 21 heavy (non-hydrogen) atoms. The molecule has 1 saturated heterocycles. The molecule has 2 unspecified atom stereocenters. The summed E-state index contributed by atoms with van der Waals surface area (Å²) in [7, 11) is 0. The Kier molecular flexibility index (Phi) is 4.87. The van der Waals surface area contributed by atoms with Crippen molar-refractivity contribution in [3.8, 4) is 0 Å². The molecule has 1 N–H and O–H groups in total. The summed E-state index contributed by atoms with van der Waals surface area (Å²) in [5, 5.41) is 3.35. The number of pyridine rings is 1. The Balaban J connectivity index is 2.25. The summed E-state index contributed by atoms with van der Waals surface area (Å²) in [6.07, 6.45) is 5.01. The number of hydrogen-bond donors (Lipinski definition) is 1. The summed E-state index contributed by atoms with van der Waals surface area (Å²) in [6.45, 7) is 11.1. The fourth-order valence-electron chi connectivity index (χ4n) is 3.00. The van der Waals surface area contributed by atoms with Gasteiger partial charge in [0.2, 0.25) is 0 Å². The normalized spacial score (nSPS) is 22.9. The van der Waals surface area contributed by atoms with E-state index in [1.54, 1.807) is 12.3 Å². The second-order valence-corrected chi connectivity index (χ2v) is 7.11. The summed E-state index contributed by atoms with van der Waals surface area (Å²) in [6, 6.07) is 2.55. The lowest BCUT2D eigenvalue weighted by molar-refractivity contribution is 0.418. The zero-order valence-corrected chi connectivity index (χ0v) is 13.9. The molecule has 0 amide bonds. The Morgan fingerprint density at radius 2 is 2.10 bits per heavy atom. The molecule has 0 spiro atoms. The first-order valence-electron chi connectivity index (χ1n) is 8.00. The van der Waals surface area contributed by atoms with Crippen LogP contribution in [0.25, 0.3) is 0 Å². The predicted octanol–water partition coefficient (Wildman–Crippen LogP) is 3.88. The van der Waals surface area contributed by atoms with Crippen LogP contribution in [-0.2, 0) is 6.54 Å². The lowest BCUT2D eigenvalue weighted by Gasteiger charge is -2.30. The molecule has 0 saturated carbocycles. The van der Waals surface area contributed by atoms with Crippen molar-refractivity contribution in [3.05, 3.63) is 23.6 Å². The van der Waals surface area contributed by atoms with Crippen LogP contribution in [0.5, 0.6) is 0 Å². The molecule has 0 aliphatic carbocycles. The third kappa shape index (κ3) is 3.73. The van der Waals surface area contributed by atoms with E-state index in [0.717, 1.165) is 19.3 Å². The quantitative estimate of drug-likeness (QED) is 0.913. The van der Waals surface area contributed by atoms with E-state index < -0.39 is 0 Å². The number of rotatable bonds is 4. The van der Waals surface area contributed by atoms with Gasteiger partial charge in [-0.2, -0.15) is 0 Å². The van der Waals surface area contributed by atoms with Crippen LogP contribution >= 0.6 is 0 Å². The van der Waals surface area contributed by atoms with Crippen LogP contribution in [0.1, 0.15) is 59.4 Å². The van der Waals surface area contributed by atoms with Gasteiger partial charge in [-0.15, -0.1) is 0 Å². The van der Waals surface area contributed by atoms with E-state index in [1.165, 1.54) is 0 Å². The van der Waals surface area contributed by atoms with Crippen molar-refractivity contribution in [1.82, 2.24) is 10.3 Å². The van der Waals surface area contributed by atoms with Crippen molar-refractivity contribution in [2.75, 3.05) is 4.90 Å². The Labute approximate surface area is 127 Å². The van der Waals surface area contributed by atoms with Crippen LogP contribution in [0, 0.1) is 5.82 Å². The SMILES string of the molecule is CCC1CCC(C)N1c1nccc(CNC(C)(C)C)c1F. The van der Waals surface area contributed by atoms with Crippen molar-refractivity contribution < 1.29 is 4.39 Å². The number of nitrogens with zero attached hydrogens (tertiary/aromatic N) is 2. The van der Waals surface area contributed by atoms with Crippen LogP contribution in [0.2, 0.25) is 0 Å². The van der Waals surface area contributed by atoms with Crippen LogP contribution in [0.4, 0.5) is 10.2 Å². The third-order valence-electron chi connectivity index (χ3n) is 4.26. The molecule has 118 valence electrons. The highest BCUT2D eigenvalue weighted by atomic mass is 19.1. The summed E-state index contributed by atoms with van der Waals surface area (Å²) in [4.78, 5) is 6.51. The maximum absolute atomic E-state index is 14.8. The molecule has 1 aromatic rings. The maximum Gasteiger partial charge on any atom is 0.170 e. The Morgan fingerprint density at radius 1 is 1.38 bits per heavy atom. The molecule has 0 bridgehead atoms. The molecular weight excluding hydrogens is 265 g/mol. The Morgan fingerprint density at radius 3 is 2.71 bits per heavy atom. The Hall–Kier alpha value is -1.16. The van der Waals surface area contributed by atoms with E-state index in [1.807, 2.05) is 0 Å². The predicted molar refractivity (Wildman–Crippen MR) is 86.0 cm³/mol. The van der Waals surface area contributed by atoms with Gasteiger partial charge in [-0.05, 0) is 53.0 Å². The van der Waals surface area contributed by atoms with Gasteiger partial charge >= 0.3 is 0 Å². The summed E-state index contributed by atoms with van der Waals surface area (Å²) in [5.74, 6) is 0.363. The number of aromatic nitrogens is 1. The van der Waals surface area contributed by atoms with Crippen molar-refractivity contribution in [1.29, 1.82) is 0 Å². The van der Waals surface area contributed by atoms with Crippen molar-refractivity contribution >= 4 is 5.82 Å². The molecule has 0 aromatic carbocycles. The smallest absolute Gasteiger partial charge is 0.170 e. The van der Waals surface area contributed by atoms with Gasteiger partial charge in [0.1, 0.15) is 0 Å². The van der Waals surface area contributed by atoms with Gasteiger partial charge in [0.25, 0.3) is 0 Å². The van der Waals surface area contributed by atoms with Gasteiger partial charge in [-0.3, -0.25) is 0 Å². The van der Waals surface area contributed by atoms with E-state index in [-0.39, 0.29) is 11.4 Å².